The molecule has 0 unspecified atom stereocenters. The van der Waals surface area contributed by atoms with Crippen molar-refractivity contribution in [1.82, 2.24) is 14.9 Å². The Morgan fingerprint density at radius 1 is 1.13 bits per heavy atom. The smallest absolute Gasteiger partial charge is 0.216 e. The lowest BCUT2D eigenvalue weighted by Gasteiger charge is -2.02. The molecule has 1 aromatic heterocycles. The van der Waals surface area contributed by atoms with Crippen molar-refractivity contribution in [3.05, 3.63) is 68.4 Å². The Morgan fingerprint density at radius 2 is 1.87 bits per heavy atom. The average Bonchev–Trinajstić information content (AvgIpc) is 2.90. The number of nitrogens with one attached hydrogen (secondary N) is 1. The molecule has 0 amide bonds. The van der Waals surface area contributed by atoms with Gasteiger partial charge in [-0.3, -0.25) is 0 Å². The first-order chi connectivity index (χ1) is 11.0. The van der Waals surface area contributed by atoms with Crippen LogP contribution in [0.3, 0.4) is 0 Å². The van der Waals surface area contributed by atoms with Crippen molar-refractivity contribution in [2.75, 3.05) is 0 Å². The maximum absolute atomic E-state index is 6.01. The molecule has 0 atom stereocenters. The summed E-state index contributed by atoms with van der Waals surface area (Å²) in [7, 11) is 0. The molecule has 2 aromatic carbocycles. The molecule has 23 heavy (non-hydrogen) atoms. The van der Waals surface area contributed by atoms with Gasteiger partial charge in [0.25, 0.3) is 0 Å². The van der Waals surface area contributed by atoms with Gasteiger partial charge in [-0.25, -0.2) is 5.10 Å². The van der Waals surface area contributed by atoms with Crippen molar-refractivity contribution in [2.45, 2.75) is 6.92 Å². The van der Waals surface area contributed by atoms with Crippen molar-refractivity contribution >= 4 is 41.6 Å². The highest BCUT2D eigenvalue weighted by Crippen LogP contribution is 2.22. The molecule has 0 bridgehead atoms. The van der Waals surface area contributed by atoms with Crippen molar-refractivity contribution < 1.29 is 0 Å². The van der Waals surface area contributed by atoms with E-state index in [1.54, 1.807) is 23.0 Å². The van der Waals surface area contributed by atoms with Crippen LogP contribution in [-0.4, -0.2) is 21.1 Å². The number of H-pyrrole nitrogens is 1. The van der Waals surface area contributed by atoms with Crippen molar-refractivity contribution in [3.8, 4) is 11.4 Å². The molecule has 1 N–H and O–H groups in total. The van der Waals surface area contributed by atoms with Crippen LogP contribution < -0.4 is 0 Å². The maximum atomic E-state index is 6.01. The fourth-order valence-electron chi connectivity index (χ4n) is 2.01. The normalized spacial score (nSPS) is 11.3. The number of aryl methyl sites for hydroxylation is 1. The minimum atomic E-state index is 0.414. The molecule has 0 spiro atoms. The van der Waals surface area contributed by atoms with E-state index < -0.39 is 0 Å². The summed E-state index contributed by atoms with van der Waals surface area (Å²) in [5, 5.41) is 12.4. The van der Waals surface area contributed by atoms with Gasteiger partial charge >= 0.3 is 0 Å². The Balaban J connectivity index is 1.98. The molecule has 0 radical (unpaired) electrons. The minimum absolute atomic E-state index is 0.414. The lowest BCUT2D eigenvalue weighted by molar-refractivity contribution is 0.871. The van der Waals surface area contributed by atoms with Crippen molar-refractivity contribution in [1.29, 1.82) is 0 Å². The molecule has 1 heterocycles. The highest BCUT2D eigenvalue weighted by Gasteiger charge is 2.07. The number of hydrogen-bond donors (Lipinski definition) is 1. The molecule has 0 aliphatic heterocycles. The Morgan fingerprint density at radius 3 is 2.57 bits per heavy atom. The Hall–Kier alpha value is -1.95. The van der Waals surface area contributed by atoms with Gasteiger partial charge in [-0.15, -0.1) is 0 Å². The number of hydrogen-bond acceptors (Lipinski definition) is 3. The average molecular weight is 363 g/mol. The number of halogens is 2. The molecule has 0 saturated carbocycles. The Labute approximate surface area is 148 Å². The molecule has 116 valence electrons. The second kappa shape index (κ2) is 6.66. The van der Waals surface area contributed by atoms with Gasteiger partial charge in [-0.2, -0.15) is 14.9 Å². The number of aromatic amines is 1. The third-order valence-corrected chi connectivity index (χ3v) is 4.23. The van der Waals surface area contributed by atoms with E-state index in [-0.39, 0.29) is 0 Å². The van der Waals surface area contributed by atoms with Crippen molar-refractivity contribution in [3.63, 3.8) is 0 Å². The van der Waals surface area contributed by atoms with Gasteiger partial charge in [0, 0.05) is 5.56 Å². The van der Waals surface area contributed by atoms with Gasteiger partial charge in [-0.05, 0) is 36.8 Å². The summed E-state index contributed by atoms with van der Waals surface area (Å²) < 4.78 is 1.99. The monoisotopic (exact) mass is 362 g/mol. The zero-order chi connectivity index (χ0) is 16.4. The summed E-state index contributed by atoms with van der Waals surface area (Å²) in [6.45, 7) is 2.03. The van der Waals surface area contributed by atoms with E-state index in [2.05, 4.69) is 15.3 Å². The molecular formula is C16H12Cl2N4S. The number of benzene rings is 2. The highest BCUT2D eigenvalue weighted by molar-refractivity contribution is 7.71. The van der Waals surface area contributed by atoms with Crippen LogP contribution in [0.25, 0.3) is 11.4 Å². The molecule has 0 aliphatic carbocycles. The predicted molar refractivity (Wildman–Crippen MR) is 97.0 cm³/mol. The van der Waals surface area contributed by atoms with E-state index in [0.717, 1.165) is 11.1 Å². The van der Waals surface area contributed by atoms with Crippen LogP contribution in [0.2, 0.25) is 10.0 Å². The van der Waals surface area contributed by atoms with Gasteiger partial charge in [-0.1, -0.05) is 59.1 Å². The predicted octanol–water partition coefficient (Wildman–Crippen LogP) is 5.11. The van der Waals surface area contributed by atoms with Crippen LogP contribution in [0.1, 0.15) is 11.1 Å². The molecule has 4 nitrogen and oxygen atoms in total. The van der Waals surface area contributed by atoms with Crippen LogP contribution in [-0.2, 0) is 0 Å². The second-order valence-electron chi connectivity index (χ2n) is 4.95. The topological polar surface area (TPSA) is 46.0 Å². The quantitative estimate of drug-likeness (QED) is 0.520. The Bertz CT molecular complexity index is 926. The van der Waals surface area contributed by atoms with E-state index in [4.69, 9.17) is 35.4 Å². The largest absolute Gasteiger partial charge is 0.250 e. The van der Waals surface area contributed by atoms with Crippen LogP contribution in [0.4, 0.5) is 0 Å². The molecule has 0 saturated heterocycles. The van der Waals surface area contributed by atoms with E-state index >= 15 is 0 Å². The SMILES string of the molecule is Cc1ccc(-c2n[nH]c(=S)n2N=Cc2ccc(Cl)c(Cl)c2)cc1. The zero-order valence-electron chi connectivity index (χ0n) is 12.1. The number of aromatic nitrogens is 3. The van der Waals surface area contributed by atoms with Gasteiger partial charge in [0.15, 0.2) is 5.82 Å². The minimum Gasteiger partial charge on any atom is -0.250 e. The van der Waals surface area contributed by atoms with Gasteiger partial charge < -0.3 is 0 Å². The standard InChI is InChI=1S/C16H12Cl2N4S/c1-10-2-5-12(6-3-10)15-20-21-16(23)22(15)19-9-11-4-7-13(17)14(18)8-11/h2-9H,1H3,(H,21,23). The zero-order valence-corrected chi connectivity index (χ0v) is 14.5. The third kappa shape index (κ3) is 3.52. The molecule has 0 aliphatic rings. The van der Waals surface area contributed by atoms with Gasteiger partial charge in [0.05, 0.1) is 16.3 Å². The summed E-state index contributed by atoms with van der Waals surface area (Å²) in [6, 6.07) is 13.3. The number of nitrogens with zero attached hydrogens (tertiary/aromatic N) is 3. The summed E-state index contributed by atoms with van der Waals surface area (Å²) in [6.07, 6.45) is 1.66. The van der Waals surface area contributed by atoms with E-state index in [0.29, 0.717) is 20.6 Å². The molecule has 7 heteroatoms. The van der Waals surface area contributed by atoms with Crippen LogP contribution >= 0.6 is 35.4 Å². The highest BCUT2D eigenvalue weighted by atomic mass is 35.5. The van der Waals surface area contributed by atoms with Crippen molar-refractivity contribution in [2.24, 2.45) is 5.10 Å². The summed E-state index contributed by atoms with van der Waals surface area (Å²) in [5.41, 5.74) is 2.92. The number of rotatable bonds is 3. The van der Waals surface area contributed by atoms with Crippen LogP contribution in [0, 0.1) is 11.7 Å². The lowest BCUT2D eigenvalue weighted by atomic mass is 10.1. The third-order valence-electron chi connectivity index (χ3n) is 3.23. The summed E-state index contributed by atoms with van der Waals surface area (Å²) in [4.78, 5) is 0. The van der Waals surface area contributed by atoms with Gasteiger partial charge in [0.1, 0.15) is 0 Å². The summed E-state index contributed by atoms with van der Waals surface area (Å²) >= 11 is 17.2. The first-order valence-electron chi connectivity index (χ1n) is 6.78. The van der Waals surface area contributed by atoms with Gasteiger partial charge in [0.2, 0.25) is 4.77 Å². The second-order valence-corrected chi connectivity index (χ2v) is 6.15. The van der Waals surface area contributed by atoms with E-state index in [1.165, 1.54) is 5.56 Å². The first-order valence-corrected chi connectivity index (χ1v) is 7.95. The molecule has 3 aromatic rings. The summed E-state index contributed by atoms with van der Waals surface area (Å²) in [5.74, 6) is 0.645. The van der Waals surface area contributed by atoms with E-state index in [1.807, 2.05) is 37.3 Å². The fraction of sp³-hybridized carbons (Fsp3) is 0.0625. The van der Waals surface area contributed by atoms with Crippen LogP contribution in [0.5, 0.6) is 0 Å². The van der Waals surface area contributed by atoms with Crippen LogP contribution in [0.15, 0.2) is 47.6 Å². The molecule has 0 fully saturated rings. The molecule has 3 rings (SSSR count). The fourth-order valence-corrected chi connectivity index (χ4v) is 2.49. The first kappa shape index (κ1) is 15.9. The maximum Gasteiger partial charge on any atom is 0.216 e. The lowest BCUT2D eigenvalue weighted by Crippen LogP contribution is -1.95. The van der Waals surface area contributed by atoms with E-state index in [9.17, 15) is 0 Å². The Kier molecular flexibility index (Phi) is 4.61. The molecular weight excluding hydrogens is 351 g/mol.